The lowest BCUT2D eigenvalue weighted by molar-refractivity contribution is -0.517. The topological polar surface area (TPSA) is 68.2 Å². The molecule has 23 heavy (non-hydrogen) atoms. The molecule has 3 aromatic rings. The third-order valence-corrected chi connectivity index (χ3v) is 3.88. The molecule has 0 unspecified atom stereocenters. The van der Waals surface area contributed by atoms with Crippen molar-refractivity contribution in [3.05, 3.63) is 76.0 Å². The second-order valence-corrected chi connectivity index (χ2v) is 5.61. The van der Waals surface area contributed by atoms with Gasteiger partial charge < -0.3 is 9.72 Å². The number of fused-ring (bicyclic) bond motifs is 1. The van der Waals surface area contributed by atoms with Crippen LogP contribution in [0, 0.1) is 10.1 Å². The van der Waals surface area contributed by atoms with Gasteiger partial charge in [0, 0.05) is 29.9 Å². The molecule has 1 atom stereocenters. The maximum absolute atomic E-state index is 10.9. The minimum atomic E-state index is -0.608. The van der Waals surface area contributed by atoms with E-state index in [1.807, 2.05) is 54.7 Å². The highest BCUT2D eigenvalue weighted by molar-refractivity contribution is 5.88. The van der Waals surface area contributed by atoms with Gasteiger partial charge in [-0.15, -0.1) is 0 Å². The number of para-hydroxylation sites is 1. The fourth-order valence-electron chi connectivity index (χ4n) is 2.60. The van der Waals surface area contributed by atoms with Crippen LogP contribution in [0.15, 0.2) is 54.7 Å². The van der Waals surface area contributed by atoms with E-state index in [0.29, 0.717) is 13.0 Å². The molecular weight excluding hydrogens is 292 g/mol. The van der Waals surface area contributed by atoms with Gasteiger partial charge in [0.1, 0.15) is 12.4 Å². The summed E-state index contributed by atoms with van der Waals surface area (Å²) in [6.07, 6.45) is 2.23. The lowest BCUT2D eigenvalue weighted by atomic mass is 10.1. The van der Waals surface area contributed by atoms with Crippen LogP contribution in [0.1, 0.15) is 18.1 Å². The molecule has 3 rings (SSSR count). The van der Waals surface area contributed by atoms with Crippen LogP contribution < -0.4 is 4.74 Å². The van der Waals surface area contributed by atoms with E-state index in [-0.39, 0.29) is 4.92 Å². The summed E-state index contributed by atoms with van der Waals surface area (Å²) in [6.45, 7) is 2.11. The zero-order chi connectivity index (χ0) is 16.2. The summed E-state index contributed by atoms with van der Waals surface area (Å²) in [7, 11) is 0. The van der Waals surface area contributed by atoms with Crippen LogP contribution in [0.3, 0.4) is 0 Å². The van der Waals surface area contributed by atoms with Crippen molar-refractivity contribution in [1.29, 1.82) is 0 Å². The van der Waals surface area contributed by atoms with Crippen molar-refractivity contribution in [2.45, 2.75) is 26.0 Å². The van der Waals surface area contributed by atoms with Crippen LogP contribution in [0.25, 0.3) is 10.9 Å². The highest BCUT2D eigenvalue weighted by atomic mass is 16.6. The van der Waals surface area contributed by atoms with Gasteiger partial charge in [-0.25, -0.2) is 0 Å². The number of benzene rings is 2. The lowest BCUT2D eigenvalue weighted by Crippen LogP contribution is -2.17. The molecule has 0 aliphatic heterocycles. The van der Waals surface area contributed by atoms with Gasteiger partial charge in [-0.05, 0) is 17.2 Å². The molecule has 0 bridgehead atoms. The Morgan fingerprint density at radius 1 is 1.17 bits per heavy atom. The fourth-order valence-corrected chi connectivity index (χ4v) is 2.60. The van der Waals surface area contributed by atoms with Gasteiger partial charge in [0.15, 0.2) is 0 Å². The van der Waals surface area contributed by atoms with Crippen LogP contribution in [0.4, 0.5) is 0 Å². The van der Waals surface area contributed by atoms with Crippen LogP contribution in [-0.4, -0.2) is 15.9 Å². The van der Waals surface area contributed by atoms with E-state index in [4.69, 9.17) is 4.74 Å². The summed E-state index contributed by atoms with van der Waals surface area (Å²) in [5, 5.41) is 11.8. The molecule has 5 nitrogen and oxygen atoms in total. The maximum Gasteiger partial charge on any atom is 0.214 e. The molecule has 1 aromatic heterocycles. The highest BCUT2D eigenvalue weighted by Crippen LogP contribution is 2.28. The Hall–Kier alpha value is -2.82. The Morgan fingerprint density at radius 2 is 1.96 bits per heavy atom. The minimum Gasteiger partial charge on any atom is -0.487 e. The summed E-state index contributed by atoms with van der Waals surface area (Å²) in [4.78, 5) is 13.8. The molecule has 0 saturated carbocycles. The van der Waals surface area contributed by atoms with E-state index in [1.165, 1.54) is 0 Å². The molecule has 5 heteroatoms. The SMILES string of the molecule is C[C@H](Cc1c[nH]c2c(OCc3ccccc3)cccc12)[N+](=O)[O-]. The monoisotopic (exact) mass is 310 g/mol. The summed E-state index contributed by atoms with van der Waals surface area (Å²) < 4.78 is 5.91. The largest absolute Gasteiger partial charge is 0.487 e. The number of ether oxygens (including phenoxy) is 1. The molecule has 0 radical (unpaired) electrons. The number of aromatic nitrogens is 1. The number of nitro groups is 1. The molecule has 0 amide bonds. The van der Waals surface area contributed by atoms with Crippen molar-refractivity contribution in [3.8, 4) is 5.75 Å². The first kappa shape index (κ1) is 15.1. The normalized spacial score (nSPS) is 12.2. The van der Waals surface area contributed by atoms with E-state index >= 15 is 0 Å². The number of aromatic amines is 1. The van der Waals surface area contributed by atoms with Gasteiger partial charge >= 0.3 is 0 Å². The number of nitrogens with one attached hydrogen (secondary N) is 1. The summed E-state index contributed by atoms with van der Waals surface area (Å²) in [5.41, 5.74) is 2.92. The van der Waals surface area contributed by atoms with Crippen molar-refractivity contribution < 1.29 is 9.66 Å². The molecule has 118 valence electrons. The van der Waals surface area contributed by atoms with Crippen molar-refractivity contribution >= 4 is 10.9 Å². The van der Waals surface area contributed by atoms with E-state index in [9.17, 15) is 10.1 Å². The summed E-state index contributed by atoms with van der Waals surface area (Å²) in [5.74, 6) is 0.756. The summed E-state index contributed by atoms with van der Waals surface area (Å²) >= 11 is 0. The first-order valence-electron chi connectivity index (χ1n) is 7.54. The van der Waals surface area contributed by atoms with Gasteiger partial charge in [0.25, 0.3) is 0 Å². The van der Waals surface area contributed by atoms with E-state index in [0.717, 1.165) is 27.8 Å². The minimum absolute atomic E-state index is 0.255. The van der Waals surface area contributed by atoms with E-state index in [1.54, 1.807) is 6.92 Å². The van der Waals surface area contributed by atoms with Crippen molar-refractivity contribution in [3.63, 3.8) is 0 Å². The third-order valence-electron chi connectivity index (χ3n) is 3.88. The fraction of sp³-hybridized carbons (Fsp3) is 0.222. The van der Waals surface area contributed by atoms with Crippen LogP contribution in [0.5, 0.6) is 5.75 Å². The Morgan fingerprint density at radius 3 is 2.70 bits per heavy atom. The second-order valence-electron chi connectivity index (χ2n) is 5.61. The van der Waals surface area contributed by atoms with Crippen LogP contribution >= 0.6 is 0 Å². The van der Waals surface area contributed by atoms with E-state index in [2.05, 4.69) is 4.98 Å². The molecule has 0 aliphatic rings. The van der Waals surface area contributed by atoms with Gasteiger partial charge in [-0.1, -0.05) is 42.5 Å². The zero-order valence-corrected chi connectivity index (χ0v) is 12.9. The van der Waals surface area contributed by atoms with Crippen molar-refractivity contribution in [2.75, 3.05) is 0 Å². The van der Waals surface area contributed by atoms with E-state index < -0.39 is 6.04 Å². The van der Waals surface area contributed by atoms with Crippen LogP contribution in [0.2, 0.25) is 0 Å². The Bertz CT molecular complexity index is 812. The number of H-pyrrole nitrogens is 1. The molecule has 1 heterocycles. The molecule has 2 aromatic carbocycles. The zero-order valence-electron chi connectivity index (χ0n) is 12.9. The molecule has 0 spiro atoms. The quantitative estimate of drug-likeness (QED) is 0.553. The number of hydrogen-bond acceptors (Lipinski definition) is 3. The first-order valence-corrected chi connectivity index (χ1v) is 7.54. The smallest absolute Gasteiger partial charge is 0.214 e. The molecular formula is C18H18N2O3. The lowest BCUT2D eigenvalue weighted by Gasteiger charge is -2.08. The Kier molecular flexibility index (Phi) is 4.28. The van der Waals surface area contributed by atoms with Gasteiger partial charge in [0.05, 0.1) is 5.52 Å². The molecule has 0 saturated heterocycles. The molecule has 0 aliphatic carbocycles. The summed E-state index contributed by atoms with van der Waals surface area (Å²) in [6, 6.07) is 15.1. The van der Waals surface area contributed by atoms with Gasteiger partial charge in [-0.3, -0.25) is 10.1 Å². The Labute approximate surface area is 134 Å². The maximum atomic E-state index is 10.9. The van der Waals surface area contributed by atoms with Gasteiger partial charge in [0.2, 0.25) is 6.04 Å². The molecule has 0 fully saturated rings. The van der Waals surface area contributed by atoms with Gasteiger partial charge in [-0.2, -0.15) is 0 Å². The number of nitrogens with zero attached hydrogens (tertiary/aromatic N) is 1. The number of rotatable bonds is 6. The molecule has 1 N–H and O–H groups in total. The second kappa shape index (κ2) is 6.52. The van der Waals surface area contributed by atoms with Crippen molar-refractivity contribution in [2.24, 2.45) is 0 Å². The number of hydrogen-bond donors (Lipinski definition) is 1. The third kappa shape index (κ3) is 3.34. The average Bonchev–Trinajstić information content (AvgIpc) is 2.97. The Balaban J connectivity index is 1.82. The highest BCUT2D eigenvalue weighted by Gasteiger charge is 2.17. The first-order chi connectivity index (χ1) is 11.1. The van der Waals surface area contributed by atoms with Crippen molar-refractivity contribution in [1.82, 2.24) is 4.98 Å². The van der Waals surface area contributed by atoms with Crippen LogP contribution in [-0.2, 0) is 13.0 Å². The average molecular weight is 310 g/mol. The predicted molar refractivity (Wildman–Crippen MR) is 89.2 cm³/mol. The predicted octanol–water partition coefficient (Wildman–Crippen LogP) is 3.95. The standard InChI is InChI=1S/C18H18N2O3/c1-13(20(21)22)10-15-11-19-18-16(15)8-5-9-17(18)23-12-14-6-3-2-4-7-14/h2-9,11,13,19H,10,12H2,1H3/t13-/m1/s1.